The maximum absolute atomic E-state index is 12.5. The number of likely N-dealkylation sites (tertiary alicyclic amines) is 1. The van der Waals surface area contributed by atoms with Gasteiger partial charge in [-0.3, -0.25) is 9.89 Å². The Kier molecular flexibility index (Phi) is 13.0. The molecule has 1 heterocycles. The van der Waals surface area contributed by atoms with Gasteiger partial charge in [0.05, 0.1) is 6.54 Å². The third-order valence-corrected chi connectivity index (χ3v) is 4.75. The van der Waals surface area contributed by atoms with Crippen LogP contribution in [0.3, 0.4) is 0 Å². The molecule has 0 bridgehead atoms. The summed E-state index contributed by atoms with van der Waals surface area (Å²) in [6.45, 7) is 9.34. The van der Waals surface area contributed by atoms with Crippen LogP contribution < -0.4 is 10.6 Å². The summed E-state index contributed by atoms with van der Waals surface area (Å²) in [4.78, 5) is 19.7. The van der Waals surface area contributed by atoms with E-state index < -0.39 is 12.0 Å². The fraction of sp³-hybridized carbons (Fsp3) is 0.895. The lowest BCUT2D eigenvalue weighted by Gasteiger charge is -2.33. The summed E-state index contributed by atoms with van der Waals surface area (Å²) in [5.74, 6) is 0.694. The molecule has 0 aromatic carbocycles. The Balaban J connectivity index is 0.00000784. The highest BCUT2D eigenvalue weighted by molar-refractivity contribution is 14.0. The van der Waals surface area contributed by atoms with Gasteiger partial charge in [0.25, 0.3) is 6.43 Å². The van der Waals surface area contributed by atoms with Gasteiger partial charge in [0.2, 0.25) is 0 Å². The Morgan fingerprint density at radius 1 is 1.31 bits per heavy atom. The molecule has 0 aromatic rings. The number of piperidine rings is 1. The first-order valence-electron chi connectivity index (χ1n) is 9.95. The van der Waals surface area contributed by atoms with Crippen LogP contribution in [0.1, 0.15) is 47.0 Å². The van der Waals surface area contributed by atoms with Gasteiger partial charge < -0.3 is 20.3 Å². The Morgan fingerprint density at radius 2 is 1.90 bits per heavy atom. The van der Waals surface area contributed by atoms with Crippen LogP contribution >= 0.6 is 24.0 Å². The van der Waals surface area contributed by atoms with Crippen molar-refractivity contribution in [3.8, 4) is 0 Å². The topological polar surface area (TPSA) is 69.2 Å². The number of carbonyl (C=O) groups is 1. The standard InChI is InChI=1S/C19H37F2N5O2.HI/c1-14(25(6)18(27)28-19(2,3)4)7-10-23-17(22-5)24-15-8-11-26(12-9-15)13-16(20)21;/h14-16H,7-13H2,1-6H3,(H2,22,23,24);1H. The van der Waals surface area contributed by atoms with Gasteiger partial charge in [-0.25, -0.2) is 13.6 Å². The number of carbonyl (C=O) groups excluding carboxylic acids is 1. The summed E-state index contributed by atoms with van der Waals surface area (Å²) in [5, 5.41) is 6.62. The summed E-state index contributed by atoms with van der Waals surface area (Å²) >= 11 is 0. The molecule has 1 rings (SSSR count). The molecule has 0 aromatic heterocycles. The van der Waals surface area contributed by atoms with Crippen molar-refractivity contribution >= 4 is 36.0 Å². The molecule has 1 aliphatic rings. The molecule has 1 atom stereocenters. The molecule has 0 radical (unpaired) electrons. The number of guanidine groups is 1. The average Bonchev–Trinajstić information content (AvgIpc) is 2.59. The number of nitrogens with one attached hydrogen (secondary N) is 2. The SMILES string of the molecule is CN=C(NCCC(C)N(C)C(=O)OC(C)(C)C)NC1CCN(CC(F)F)CC1.I. The number of hydrogen-bond donors (Lipinski definition) is 2. The van der Waals surface area contributed by atoms with E-state index in [0.717, 1.165) is 19.3 Å². The van der Waals surface area contributed by atoms with Crippen molar-refractivity contribution in [3.63, 3.8) is 0 Å². The van der Waals surface area contributed by atoms with E-state index in [2.05, 4.69) is 15.6 Å². The maximum Gasteiger partial charge on any atom is 0.410 e. The van der Waals surface area contributed by atoms with Gasteiger partial charge in [-0.05, 0) is 47.0 Å². The van der Waals surface area contributed by atoms with Gasteiger partial charge in [0, 0.05) is 45.8 Å². The highest BCUT2D eigenvalue weighted by Gasteiger charge is 2.24. The van der Waals surface area contributed by atoms with Gasteiger partial charge in [-0.1, -0.05) is 0 Å². The Hall–Kier alpha value is -0.910. The minimum Gasteiger partial charge on any atom is -0.444 e. The van der Waals surface area contributed by atoms with Crippen molar-refractivity contribution in [2.75, 3.05) is 40.3 Å². The molecule has 1 aliphatic heterocycles. The largest absolute Gasteiger partial charge is 0.444 e. The van der Waals surface area contributed by atoms with Gasteiger partial charge in [-0.15, -0.1) is 24.0 Å². The van der Waals surface area contributed by atoms with E-state index in [1.54, 1.807) is 23.9 Å². The first kappa shape index (κ1) is 28.1. The molecule has 7 nitrogen and oxygen atoms in total. The van der Waals surface area contributed by atoms with Crippen LogP contribution in [0.5, 0.6) is 0 Å². The van der Waals surface area contributed by atoms with E-state index >= 15 is 0 Å². The molecule has 1 saturated heterocycles. The molecule has 2 N–H and O–H groups in total. The lowest BCUT2D eigenvalue weighted by Crippen LogP contribution is -2.49. The number of aliphatic imine (C=N–C) groups is 1. The lowest BCUT2D eigenvalue weighted by molar-refractivity contribution is 0.0230. The van der Waals surface area contributed by atoms with E-state index in [9.17, 15) is 13.6 Å². The Morgan fingerprint density at radius 3 is 2.38 bits per heavy atom. The fourth-order valence-corrected chi connectivity index (χ4v) is 2.95. The summed E-state index contributed by atoms with van der Waals surface area (Å²) in [6.07, 6.45) is -0.252. The first-order chi connectivity index (χ1) is 13.0. The zero-order valence-corrected chi connectivity index (χ0v) is 20.8. The molecule has 0 spiro atoms. The Labute approximate surface area is 191 Å². The van der Waals surface area contributed by atoms with Crippen molar-refractivity contribution in [1.82, 2.24) is 20.4 Å². The number of amides is 1. The molecule has 29 heavy (non-hydrogen) atoms. The molecule has 0 saturated carbocycles. The van der Waals surface area contributed by atoms with Crippen LogP contribution in [0, 0.1) is 0 Å². The molecule has 1 unspecified atom stereocenters. The minimum atomic E-state index is -2.28. The molecule has 1 fully saturated rings. The number of alkyl halides is 2. The number of halogens is 3. The van der Waals surface area contributed by atoms with Crippen LogP contribution in [-0.2, 0) is 4.74 Å². The summed E-state index contributed by atoms with van der Waals surface area (Å²) < 4.78 is 30.3. The number of hydrogen-bond acceptors (Lipinski definition) is 4. The van der Waals surface area contributed by atoms with Gasteiger partial charge in [0.15, 0.2) is 5.96 Å². The van der Waals surface area contributed by atoms with Crippen LogP contribution in [-0.4, -0.2) is 86.2 Å². The number of ether oxygens (including phenoxy) is 1. The highest BCUT2D eigenvalue weighted by Crippen LogP contribution is 2.13. The van der Waals surface area contributed by atoms with E-state index in [-0.39, 0.29) is 48.7 Å². The van der Waals surface area contributed by atoms with E-state index in [1.165, 1.54) is 0 Å². The molecule has 0 aliphatic carbocycles. The zero-order valence-electron chi connectivity index (χ0n) is 18.5. The monoisotopic (exact) mass is 533 g/mol. The molecule has 10 heteroatoms. The van der Waals surface area contributed by atoms with Crippen LogP contribution in [0.2, 0.25) is 0 Å². The van der Waals surface area contributed by atoms with Crippen molar-refractivity contribution in [3.05, 3.63) is 0 Å². The lowest BCUT2D eigenvalue weighted by atomic mass is 10.1. The number of rotatable bonds is 7. The van der Waals surface area contributed by atoms with E-state index in [1.807, 2.05) is 27.7 Å². The molecular weight excluding hydrogens is 495 g/mol. The van der Waals surface area contributed by atoms with Gasteiger partial charge in [-0.2, -0.15) is 0 Å². The fourth-order valence-electron chi connectivity index (χ4n) is 2.95. The van der Waals surface area contributed by atoms with Crippen molar-refractivity contribution < 1.29 is 18.3 Å². The molecule has 172 valence electrons. The predicted molar refractivity (Wildman–Crippen MR) is 123 cm³/mol. The zero-order chi connectivity index (χ0) is 21.3. The average molecular weight is 533 g/mol. The van der Waals surface area contributed by atoms with Crippen molar-refractivity contribution in [2.45, 2.75) is 71.1 Å². The van der Waals surface area contributed by atoms with Crippen LogP contribution in [0.15, 0.2) is 4.99 Å². The third kappa shape index (κ3) is 11.8. The van der Waals surface area contributed by atoms with Gasteiger partial charge >= 0.3 is 6.09 Å². The maximum atomic E-state index is 12.5. The quantitative estimate of drug-likeness (QED) is 0.299. The summed E-state index contributed by atoms with van der Waals surface area (Å²) in [7, 11) is 3.44. The molecular formula is C19H38F2IN5O2. The molecule has 1 amide bonds. The first-order valence-corrected chi connectivity index (χ1v) is 9.95. The second-order valence-electron chi connectivity index (χ2n) is 8.34. The van der Waals surface area contributed by atoms with E-state index in [0.29, 0.717) is 25.6 Å². The normalized spacial score (nSPS) is 17.5. The van der Waals surface area contributed by atoms with Crippen LogP contribution in [0.25, 0.3) is 0 Å². The summed E-state index contributed by atoms with van der Waals surface area (Å²) in [6, 6.07) is 0.236. The highest BCUT2D eigenvalue weighted by atomic mass is 127. The minimum absolute atomic E-state index is 0. The Bertz CT molecular complexity index is 509. The van der Waals surface area contributed by atoms with Crippen molar-refractivity contribution in [2.24, 2.45) is 4.99 Å². The summed E-state index contributed by atoms with van der Waals surface area (Å²) in [5.41, 5.74) is -0.514. The van der Waals surface area contributed by atoms with Crippen LogP contribution in [0.4, 0.5) is 13.6 Å². The number of nitrogens with zero attached hydrogens (tertiary/aromatic N) is 3. The van der Waals surface area contributed by atoms with Crippen molar-refractivity contribution in [1.29, 1.82) is 0 Å². The second-order valence-corrected chi connectivity index (χ2v) is 8.34. The smallest absolute Gasteiger partial charge is 0.410 e. The predicted octanol–water partition coefficient (Wildman–Crippen LogP) is 3.14. The van der Waals surface area contributed by atoms with E-state index in [4.69, 9.17) is 4.74 Å². The third-order valence-electron chi connectivity index (χ3n) is 4.75. The second kappa shape index (κ2) is 13.4. The van der Waals surface area contributed by atoms with Gasteiger partial charge in [0.1, 0.15) is 5.60 Å².